The summed E-state index contributed by atoms with van der Waals surface area (Å²) in [4.78, 5) is 12.1. The third-order valence-electron chi connectivity index (χ3n) is 3.76. The van der Waals surface area contributed by atoms with Crippen LogP contribution in [0.5, 0.6) is 0 Å². The van der Waals surface area contributed by atoms with Gasteiger partial charge in [0, 0.05) is 12.3 Å². The molecule has 0 aromatic carbocycles. The van der Waals surface area contributed by atoms with Crippen molar-refractivity contribution in [2.75, 3.05) is 0 Å². The molecular formula is C13H16O2S. The van der Waals surface area contributed by atoms with E-state index in [0.717, 1.165) is 19.3 Å². The fourth-order valence-corrected chi connectivity index (χ4v) is 3.57. The maximum atomic E-state index is 12.1. The predicted octanol–water partition coefficient (Wildman–Crippen LogP) is 2.82. The van der Waals surface area contributed by atoms with E-state index in [1.165, 1.54) is 12.0 Å². The van der Waals surface area contributed by atoms with Gasteiger partial charge >= 0.3 is 0 Å². The Morgan fingerprint density at radius 3 is 3.06 bits per heavy atom. The van der Waals surface area contributed by atoms with Crippen LogP contribution in [-0.2, 0) is 16.0 Å². The van der Waals surface area contributed by atoms with E-state index in [9.17, 15) is 4.79 Å². The average molecular weight is 236 g/mol. The van der Waals surface area contributed by atoms with Crippen molar-refractivity contribution in [2.24, 2.45) is 5.92 Å². The zero-order valence-corrected chi connectivity index (χ0v) is 10.0. The second-order valence-electron chi connectivity index (χ2n) is 4.81. The number of aryl methyl sites for hydroxylation is 1. The van der Waals surface area contributed by atoms with Gasteiger partial charge in [-0.15, -0.1) is 0 Å². The molecule has 2 fully saturated rings. The van der Waals surface area contributed by atoms with Gasteiger partial charge in [0.2, 0.25) is 0 Å². The van der Waals surface area contributed by atoms with Crippen molar-refractivity contribution in [2.45, 2.75) is 44.3 Å². The van der Waals surface area contributed by atoms with Gasteiger partial charge in [0.1, 0.15) is 5.78 Å². The molecule has 3 rings (SSSR count). The van der Waals surface area contributed by atoms with Crippen molar-refractivity contribution < 1.29 is 9.53 Å². The molecule has 0 spiro atoms. The maximum absolute atomic E-state index is 12.1. The van der Waals surface area contributed by atoms with E-state index in [-0.39, 0.29) is 12.0 Å². The molecule has 3 unspecified atom stereocenters. The minimum absolute atomic E-state index is 0.206. The van der Waals surface area contributed by atoms with Crippen LogP contribution in [0.25, 0.3) is 0 Å². The Hall–Kier alpha value is -0.670. The van der Waals surface area contributed by atoms with E-state index in [1.807, 2.05) is 0 Å². The number of carbonyl (C=O) groups is 1. The monoisotopic (exact) mass is 236 g/mol. The quantitative estimate of drug-likeness (QED) is 0.803. The largest absolute Gasteiger partial charge is 0.374 e. The number of carbonyl (C=O) groups excluding carboxylic acids is 1. The zero-order valence-electron chi connectivity index (χ0n) is 9.22. The summed E-state index contributed by atoms with van der Waals surface area (Å²) in [5.74, 6) is 0.621. The number of hydrogen-bond donors (Lipinski definition) is 0. The Morgan fingerprint density at radius 2 is 2.44 bits per heavy atom. The van der Waals surface area contributed by atoms with Gasteiger partial charge in [-0.1, -0.05) is 0 Å². The fraction of sp³-hybridized carbons (Fsp3) is 0.615. The molecule has 2 aliphatic rings. The third kappa shape index (κ3) is 1.94. The van der Waals surface area contributed by atoms with E-state index in [2.05, 4.69) is 16.8 Å². The van der Waals surface area contributed by atoms with Crippen LogP contribution in [0.2, 0.25) is 0 Å². The third-order valence-corrected chi connectivity index (χ3v) is 4.49. The second kappa shape index (κ2) is 4.30. The molecule has 16 heavy (non-hydrogen) atoms. The lowest BCUT2D eigenvalue weighted by molar-refractivity contribution is -0.124. The number of fused-ring (bicyclic) bond motifs is 2. The molecule has 3 heterocycles. The molecule has 2 aliphatic heterocycles. The SMILES string of the molecule is O=C(CCc1ccsc1)C1CC2CCC1O2. The smallest absolute Gasteiger partial charge is 0.138 e. The van der Waals surface area contributed by atoms with Crippen molar-refractivity contribution in [1.29, 1.82) is 0 Å². The van der Waals surface area contributed by atoms with Crippen molar-refractivity contribution in [1.82, 2.24) is 0 Å². The van der Waals surface area contributed by atoms with Crippen LogP contribution in [0.1, 0.15) is 31.2 Å². The highest BCUT2D eigenvalue weighted by molar-refractivity contribution is 7.07. The maximum Gasteiger partial charge on any atom is 0.138 e. The topological polar surface area (TPSA) is 26.3 Å². The number of thiophene rings is 1. The molecule has 0 aliphatic carbocycles. The summed E-state index contributed by atoms with van der Waals surface area (Å²) in [6.45, 7) is 0. The molecule has 0 N–H and O–H groups in total. The van der Waals surface area contributed by atoms with Crippen molar-refractivity contribution in [3.05, 3.63) is 22.4 Å². The summed E-state index contributed by atoms with van der Waals surface area (Å²) in [6, 6.07) is 2.11. The van der Waals surface area contributed by atoms with Gasteiger partial charge in [0.15, 0.2) is 0 Å². The molecule has 0 saturated carbocycles. The first kappa shape index (κ1) is 10.5. The number of hydrogen-bond acceptors (Lipinski definition) is 3. The molecule has 3 heteroatoms. The number of rotatable bonds is 4. The summed E-state index contributed by atoms with van der Waals surface area (Å²) in [5.41, 5.74) is 1.29. The summed E-state index contributed by atoms with van der Waals surface area (Å²) in [7, 11) is 0. The van der Waals surface area contributed by atoms with Gasteiger partial charge in [0.25, 0.3) is 0 Å². The predicted molar refractivity (Wildman–Crippen MR) is 63.6 cm³/mol. The van der Waals surface area contributed by atoms with E-state index in [1.54, 1.807) is 11.3 Å². The van der Waals surface area contributed by atoms with Crippen LogP contribution in [0, 0.1) is 5.92 Å². The molecule has 1 aromatic rings. The van der Waals surface area contributed by atoms with Crippen LogP contribution in [0.15, 0.2) is 16.8 Å². The Bertz CT molecular complexity index is 371. The van der Waals surface area contributed by atoms with Crippen molar-refractivity contribution >= 4 is 17.1 Å². The van der Waals surface area contributed by atoms with Crippen LogP contribution in [-0.4, -0.2) is 18.0 Å². The van der Waals surface area contributed by atoms with Crippen molar-refractivity contribution in [3.8, 4) is 0 Å². The van der Waals surface area contributed by atoms with Gasteiger partial charge in [-0.3, -0.25) is 4.79 Å². The fourth-order valence-electron chi connectivity index (χ4n) is 2.86. The number of ketones is 1. The first-order valence-corrected chi connectivity index (χ1v) is 6.96. The summed E-state index contributed by atoms with van der Waals surface area (Å²) >= 11 is 1.70. The molecule has 86 valence electrons. The first-order valence-electron chi connectivity index (χ1n) is 6.02. The highest BCUT2D eigenvalue weighted by Gasteiger charge is 2.43. The van der Waals surface area contributed by atoms with Crippen LogP contribution in [0.3, 0.4) is 0 Å². The van der Waals surface area contributed by atoms with Gasteiger partial charge < -0.3 is 4.74 Å². The van der Waals surface area contributed by atoms with Crippen LogP contribution < -0.4 is 0 Å². The van der Waals surface area contributed by atoms with E-state index in [0.29, 0.717) is 18.3 Å². The standard InChI is InChI=1S/C13H16O2S/c14-12(3-1-9-5-6-16-8-9)11-7-10-2-4-13(11)15-10/h5-6,8,10-11,13H,1-4,7H2. The Morgan fingerprint density at radius 1 is 1.50 bits per heavy atom. The lowest BCUT2D eigenvalue weighted by Gasteiger charge is -2.16. The van der Waals surface area contributed by atoms with Gasteiger partial charge in [0.05, 0.1) is 12.2 Å². The van der Waals surface area contributed by atoms with E-state index >= 15 is 0 Å². The van der Waals surface area contributed by atoms with Gasteiger partial charge in [-0.2, -0.15) is 11.3 Å². The molecule has 0 radical (unpaired) electrons. The van der Waals surface area contributed by atoms with Crippen molar-refractivity contribution in [3.63, 3.8) is 0 Å². The summed E-state index contributed by atoms with van der Waals surface area (Å²) < 4.78 is 5.72. The van der Waals surface area contributed by atoms with E-state index in [4.69, 9.17) is 4.74 Å². The number of ether oxygens (including phenoxy) is 1. The second-order valence-corrected chi connectivity index (χ2v) is 5.59. The zero-order chi connectivity index (χ0) is 11.0. The molecule has 2 saturated heterocycles. The molecule has 1 aromatic heterocycles. The highest BCUT2D eigenvalue weighted by Crippen LogP contribution is 2.39. The Balaban J connectivity index is 1.54. The highest BCUT2D eigenvalue weighted by atomic mass is 32.1. The molecular weight excluding hydrogens is 220 g/mol. The Labute approximate surface area is 99.6 Å². The van der Waals surface area contributed by atoms with Crippen LogP contribution >= 0.6 is 11.3 Å². The minimum Gasteiger partial charge on any atom is -0.374 e. The summed E-state index contributed by atoms with van der Waals surface area (Å²) in [5, 5.41) is 4.20. The summed E-state index contributed by atoms with van der Waals surface area (Å²) in [6.07, 6.45) is 5.47. The first-order chi connectivity index (χ1) is 7.83. The van der Waals surface area contributed by atoms with E-state index < -0.39 is 0 Å². The lowest BCUT2D eigenvalue weighted by Crippen LogP contribution is -2.25. The average Bonchev–Trinajstić information content (AvgIpc) is 3.01. The molecule has 2 nitrogen and oxygen atoms in total. The Kier molecular flexibility index (Phi) is 2.82. The normalized spacial score (nSPS) is 32.1. The number of Topliss-reactive ketones (excluding diaryl/α,β-unsaturated/α-hetero) is 1. The lowest BCUT2D eigenvalue weighted by atomic mass is 9.84. The molecule has 0 amide bonds. The van der Waals surface area contributed by atoms with Gasteiger partial charge in [-0.05, 0) is 48.1 Å². The van der Waals surface area contributed by atoms with Gasteiger partial charge in [-0.25, -0.2) is 0 Å². The molecule has 2 bridgehead atoms. The molecule has 3 atom stereocenters. The van der Waals surface area contributed by atoms with Crippen LogP contribution in [0.4, 0.5) is 0 Å². The minimum atomic E-state index is 0.206.